The third-order valence-corrected chi connectivity index (χ3v) is 5.40. The van der Waals surface area contributed by atoms with E-state index in [9.17, 15) is 21.2 Å². The predicted octanol–water partition coefficient (Wildman–Crippen LogP) is 2.09. The highest BCUT2D eigenvalue weighted by molar-refractivity contribution is 7.93. The molecule has 0 aromatic heterocycles. The highest BCUT2D eigenvalue weighted by Gasteiger charge is 2.21. The van der Waals surface area contributed by atoms with Crippen molar-refractivity contribution in [3.63, 3.8) is 0 Å². The van der Waals surface area contributed by atoms with Crippen molar-refractivity contribution in [2.75, 3.05) is 10.0 Å². The van der Waals surface area contributed by atoms with Crippen LogP contribution in [0.4, 0.5) is 15.8 Å². The molecule has 2 rings (SSSR count). The Morgan fingerprint density at radius 3 is 2.20 bits per heavy atom. The topological polar surface area (TPSA) is 118 Å². The maximum atomic E-state index is 14.1. The van der Waals surface area contributed by atoms with Crippen LogP contribution in [0, 0.1) is 5.82 Å². The molecule has 2 aromatic rings. The van der Waals surface area contributed by atoms with Crippen LogP contribution in [0.15, 0.2) is 52.3 Å². The Kier molecular flexibility index (Phi) is 5.35. The van der Waals surface area contributed by atoms with Crippen LogP contribution in [0.1, 0.15) is 13.8 Å². The molecule has 0 aliphatic carbocycles. The number of nitrogens with two attached hydrogens (primary N) is 1. The fourth-order valence-corrected chi connectivity index (χ4v) is 3.84. The first-order valence-corrected chi connectivity index (χ1v) is 10.2. The van der Waals surface area contributed by atoms with E-state index in [-0.39, 0.29) is 27.2 Å². The van der Waals surface area contributed by atoms with E-state index in [1.54, 1.807) is 0 Å². The van der Waals surface area contributed by atoms with Crippen LogP contribution in [0.3, 0.4) is 0 Å². The Bertz CT molecular complexity index is 990. The highest BCUT2D eigenvalue weighted by atomic mass is 32.2. The summed E-state index contributed by atoms with van der Waals surface area (Å²) in [5, 5.41) is 7.95. The van der Waals surface area contributed by atoms with E-state index in [0.29, 0.717) is 0 Å². The molecule has 0 fully saturated rings. The molecular formula is C15H18FN3O4S2. The van der Waals surface area contributed by atoms with Gasteiger partial charge in [-0.15, -0.1) is 0 Å². The number of benzene rings is 2. The summed E-state index contributed by atoms with van der Waals surface area (Å²) in [5.74, 6) is -0.767. The molecule has 25 heavy (non-hydrogen) atoms. The summed E-state index contributed by atoms with van der Waals surface area (Å²) in [5.41, 5.74) is 0.0124. The van der Waals surface area contributed by atoms with Crippen molar-refractivity contribution in [3.05, 3.63) is 48.3 Å². The molecule has 136 valence electrons. The lowest BCUT2D eigenvalue weighted by Gasteiger charge is -2.17. The normalized spacial score (nSPS) is 12.2. The Hall–Kier alpha value is -2.17. The van der Waals surface area contributed by atoms with Gasteiger partial charge in [0.25, 0.3) is 10.0 Å². The molecule has 0 saturated heterocycles. The van der Waals surface area contributed by atoms with Gasteiger partial charge in [0.15, 0.2) is 0 Å². The van der Waals surface area contributed by atoms with Crippen LogP contribution >= 0.6 is 0 Å². The molecule has 10 heteroatoms. The number of rotatable bonds is 6. The Balaban J connectivity index is 2.47. The van der Waals surface area contributed by atoms with Gasteiger partial charge in [0.1, 0.15) is 11.5 Å². The van der Waals surface area contributed by atoms with Crippen LogP contribution in [-0.2, 0) is 20.0 Å². The lowest BCUT2D eigenvalue weighted by Crippen LogP contribution is -2.19. The van der Waals surface area contributed by atoms with Crippen LogP contribution in [0.5, 0.6) is 0 Å². The molecule has 0 radical (unpaired) electrons. The summed E-state index contributed by atoms with van der Waals surface area (Å²) < 4.78 is 64.1. The van der Waals surface area contributed by atoms with Gasteiger partial charge in [-0.1, -0.05) is 12.1 Å². The Morgan fingerprint density at radius 2 is 1.60 bits per heavy atom. The summed E-state index contributed by atoms with van der Waals surface area (Å²) in [4.78, 5) is -0.706. The summed E-state index contributed by atoms with van der Waals surface area (Å²) in [6.07, 6.45) is 0. The van der Waals surface area contributed by atoms with Gasteiger partial charge in [0, 0.05) is 6.04 Å². The van der Waals surface area contributed by atoms with Gasteiger partial charge in [-0.05, 0) is 44.2 Å². The van der Waals surface area contributed by atoms with E-state index < -0.39 is 25.9 Å². The lowest BCUT2D eigenvalue weighted by atomic mass is 10.2. The van der Waals surface area contributed by atoms with Crippen molar-refractivity contribution >= 4 is 31.4 Å². The largest absolute Gasteiger partial charge is 0.381 e. The maximum Gasteiger partial charge on any atom is 0.262 e. The van der Waals surface area contributed by atoms with Crippen molar-refractivity contribution in [3.8, 4) is 0 Å². The van der Waals surface area contributed by atoms with Gasteiger partial charge in [-0.2, -0.15) is 0 Å². The van der Waals surface area contributed by atoms with Crippen molar-refractivity contribution in [2.45, 2.75) is 29.7 Å². The molecule has 0 heterocycles. The fraction of sp³-hybridized carbons (Fsp3) is 0.200. The Labute approximate surface area is 146 Å². The minimum atomic E-state index is -4.23. The smallest absolute Gasteiger partial charge is 0.262 e. The van der Waals surface area contributed by atoms with Gasteiger partial charge in [-0.25, -0.2) is 26.4 Å². The average Bonchev–Trinajstić information content (AvgIpc) is 2.49. The number of hydrogen-bond donors (Lipinski definition) is 3. The van der Waals surface area contributed by atoms with Crippen LogP contribution < -0.4 is 15.2 Å². The summed E-state index contributed by atoms with van der Waals surface area (Å²) >= 11 is 0. The number of halogens is 1. The minimum absolute atomic E-state index is 0.0595. The number of para-hydroxylation sites is 1. The number of sulfonamides is 2. The zero-order valence-corrected chi connectivity index (χ0v) is 15.2. The van der Waals surface area contributed by atoms with Crippen LogP contribution in [-0.4, -0.2) is 22.9 Å². The summed E-state index contributed by atoms with van der Waals surface area (Å²) in [6.45, 7) is 3.64. The van der Waals surface area contributed by atoms with Gasteiger partial charge < -0.3 is 5.32 Å². The SMILES string of the molecule is CC(C)Nc1cccc(F)c1NS(=O)(=O)c1cccc(S(N)(=O)=O)c1. The maximum absolute atomic E-state index is 14.1. The number of nitrogens with one attached hydrogen (secondary N) is 2. The third-order valence-electron chi connectivity index (χ3n) is 3.14. The quantitative estimate of drug-likeness (QED) is 0.701. The Morgan fingerprint density at radius 1 is 1.00 bits per heavy atom. The van der Waals surface area contributed by atoms with E-state index in [2.05, 4.69) is 10.0 Å². The highest BCUT2D eigenvalue weighted by Crippen LogP contribution is 2.28. The van der Waals surface area contributed by atoms with Gasteiger partial charge in [0.2, 0.25) is 10.0 Å². The zero-order valence-electron chi connectivity index (χ0n) is 13.5. The molecule has 0 unspecified atom stereocenters. The molecule has 0 amide bonds. The summed E-state index contributed by atoms with van der Waals surface area (Å²) in [7, 11) is -8.30. The fourth-order valence-electron chi connectivity index (χ4n) is 2.07. The minimum Gasteiger partial charge on any atom is -0.381 e. The monoisotopic (exact) mass is 387 g/mol. The van der Waals surface area contributed by atoms with Crippen molar-refractivity contribution < 1.29 is 21.2 Å². The molecule has 2 aromatic carbocycles. The molecule has 0 bridgehead atoms. The molecule has 7 nitrogen and oxygen atoms in total. The van der Waals surface area contributed by atoms with E-state index in [1.165, 1.54) is 30.3 Å². The van der Waals surface area contributed by atoms with Crippen molar-refractivity contribution in [2.24, 2.45) is 5.14 Å². The first kappa shape index (κ1) is 19.2. The molecule has 4 N–H and O–H groups in total. The molecule has 0 saturated carbocycles. The summed E-state index contributed by atoms with van der Waals surface area (Å²) in [6, 6.07) is 8.54. The van der Waals surface area contributed by atoms with Crippen molar-refractivity contribution in [1.29, 1.82) is 0 Å². The molecule has 0 spiro atoms. The second-order valence-corrected chi connectivity index (χ2v) is 8.83. The van der Waals surface area contributed by atoms with E-state index >= 15 is 0 Å². The van der Waals surface area contributed by atoms with Gasteiger partial charge >= 0.3 is 0 Å². The van der Waals surface area contributed by atoms with Crippen molar-refractivity contribution in [1.82, 2.24) is 0 Å². The lowest BCUT2D eigenvalue weighted by molar-refractivity contribution is 0.596. The van der Waals surface area contributed by atoms with Gasteiger partial charge in [-0.3, -0.25) is 4.72 Å². The van der Waals surface area contributed by atoms with E-state index in [1.807, 2.05) is 13.8 Å². The molecular weight excluding hydrogens is 369 g/mol. The van der Waals surface area contributed by atoms with Crippen LogP contribution in [0.2, 0.25) is 0 Å². The molecule has 0 atom stereocenters. The number of anilines is 2. The standard InChI is InChI=1S/C15H18FN3O4S2/c1-10(2)18-14-8-4-7-13(16)15(14)19-25(22,23)12-6-3-5-11(9-12)24(17,20)21/h3-10,18-19H,1-2H3,(H2,17,20,21). The number of hydrogen-bond acceptors (Lipinski definition) is 5. The van der Waals surface area contributed by atoms with Gasteiger partial charge in [0.05, 0.1) is 15.5 Å². The first-order chi connectivity index (χ1) is 11.5. The third kappa shape index (κ3) is 4.68. The first-order valence-electron chi connectivity index (χ1n) is 7.21. The predicted molar refractivity (Wildman–Crippen MR) is 93.8 cm³/mol. The average molecular weight is 387 g/mol. The second-order valence-electron chi connectivity index (χ2n) is 5.59. The van der Waals surface area contributed by atoms with E-state index in [0.717, 1.165) is 12.1 Å². The van der Waals surface area contributed by atoms with Crippen LogP contribution in [0.25, 0.3) is 0 Å². The van der Waals surface area contributed by atoms with E-state index in [4.69, 9.17) is 5.14 Å². The molecule has 0 aliphatic rings. The molecule has 0 aliphatic heterocycles. The number of primary sulfonamides is 1. The zero-order chi connectivity index (χ0) is 18.8. The second kappa shape index (κ2) is 6.98.